The Bertz CT molecular complexity index is 2050. The molecular formula is C39H51N5O10S. The lowest BCUT2D eigenvalue weighted by molar-refractivity contribution is -0.151. The lowest BCUT2D eigenvalue weighted by Crippen LogP contribution is -2.65. The highest BCUT2D eigenvalue weighted by atomic mass is 32.2. The van der Waals surface area contributed by atoms with Gasteiger partial charge in [0.05, 0.1) is 24.3 Å². The molecule has 0 bridgehead atoms. The van der Waals surface area contributed by atoms with Gasteiger partial charge >= 0.3 is 6.09 Å². The van der Waals surface area contributed by atoms with E-state index >= 15 is 4.79 Å². The third-order valence-corrected chi connectivity index (χ3v) is 12.3. The zero-order valence-electron chi connectivity index (χ0n) is 32.5. The summed E-state index contributed by atoms with van der Waals surface area (Å²) in [5.41, 5.74) is -3.82. The molecular weight excluding hydrogens is 731 g/mol. The van der Waals surface area contributed by atoms with Gasteiger partial charge in [-0.25, -0.2) is 18.2 Å². The second kappa shape index (κ2) is 14.9. The van der Waals surface area contributed by atoms with E-state index in [-0.39, 0.29) is 25.3 Å². The number of ether oxygens (including phenoxy) is 2. The Morgan fingerprint density at radius 2 is 1.78 bits per heavy atom. The van der Waals surface area contributed by atoms with Gasteiger partial charge < -0.3 is 24.8 Å². The molecule has 16 heteroatoms. The monoisotopic (exact) mass is 781 g/mol. The SMILES string of the molecule is C=C[C@@H]1C[C@]1(NC(=O)[C@@H]1C[C@@H](Oc2nccc3cc(OC)ccc23)CN1C(=O)[C@@H](N(C(=O)O)C(C)(C)C)C(C)(C)C(=O)C=C(C)C)C(=O)NS(=O)(=O)C1CC1. The lowest BCUT2D eigenvalue weighted by atomic mass is 9.76. The van der Waals surface area contributed by atoms with Gasteiger partial charge in [0.2, 0.25) is 27.7 Å². The van der Waals surface area contributed by atoms with Crippen molar-refractivity contribution in [2.75, 3.05) is 13.7 Å². The normalized spacial score (nSPS) is 22.9. The highest BCUT2D eigenvalue weighted by molar-refractivity contribution is 7.91. The molecule has 3 N–H and O–H groups in total. The summed E-state index contributed by atoms with van der Waals surface area (Å²) in [6, 6.07) is 4.12. The minimum atomic E-state index is -3.96. The van der Waals surface area contributed by atoms with Crippen LogP contribution in [0, 0.1) is 11.3 Å². The number of methoxy groups -OCH3 is 1. The molecule has 0 radical (unpaired) electrons. The molecule has 2 aromatic rings. The molecule has 4 amide bonds. The maximum Gasteiger partial charge on any atom is 0.408 e. The molecule has 5 atom stereocenters. The number of fused-ring (bicyclic) bond motifs is 1. The Kier molecular flexibility index (Phi) is 11.2. The number of pyridine rings is 1. The molecule has 3 fully saturated rings. The Balaban J connectivity index is 1.56. The topological polar surface area (TPSA) is 202 Å². The van der Waals surface area contributed by atoms with Crippen molar-refractivity contribution in [3.63, 3.8) is 0 Å². The van der Waals surface area contributed by atoms with Crippen molar-refractivity contribution in [2.24, 2.45) is 11.3 Å². The number of carbonyl (C=O) groups is 5. The second-order valence-corrected chi connectivity index (χ2v) is 18.4. The summed E-state index contributed by atoms with van der Waals surface area (Å²) in [5.74, 6) is -2.80. The van der Waals surface area contributed by atoms with Crippen LogP contribution in [0.15, 0.2) is 54.8 Å². The summed E-state index contributed by atoms with van der Waals surface area (Å²) < 4.78 is 39.4. The van der Waals surface area contributed by atoms with Crippen LogP contribution in [0.2, 0.25) is 0 Å². The van der Waals surface area contributed by atoms with E-state index in [0.717, 1.165) is 10.3 Å². The van der Waals surface area contributed by atoms with Gasteiger partial charge in [0.25, 0.3) is 5.91 Å². The van der Waals surface area contributed by atoms with E-state index in [1.807, 2.05) is 0 Å². The van der Waals surface area contributed by atoms with E-state index in [9.17, 15) is 32.7 Å². The molecule has 5 rings (SSSR count). The molecule has 2 aliphatic carbocycles. The second-order valence-electron chi connectivity index (χ2n) is 16.4. The van der Waals surface area contributed by atoms with Crippen molar-refractivity contribution in [3.8, 4) is 11.6 Å². The predicted molar refractivity (Wildman–Crippen MR) is 204 cm³/mol. The average Bonchev–Trinajstić information content (AvgIpc) is 4.02. The number of hydrogen-bond acceptors (Lipinski definition) is 10. The zero-order chi connectivity index (χ0) is 40.8. The number of allylic oxidation sites excluding steroid dienone is 2. The van der Waals surface area contributed by atoms with Gasteiger partial charge in [0.1, 0.15) is 29.5 Å². The summed E-state index contributed by atoms with van der Waals surface area (Å²) >= 11 is 0. The quantitative estimate of drug-likeness (QED) is 0.185. The van der Waals surface area contributed by atoms with Crippen molar-refractivity contribution >= 4 is 50.4 Å². The van der Waals surface area contributed by atoms with Crippen LogP contribution in [0.25, 0.3) is 10.8 Å². The van der Waals surface area contributed by atoms with Gasteiger partial charge in [0.15, 0.2) is 5.78 Å². The highest BCUT2D eigenvalue weighted by Gasteiger charge is 2.62. The Labute approximate surface area is 321 Å². The van der Waals surface area contributed by atoms with E-state index in [1.165, 1.54) is 30.9 Å². The van der Waals surface area contributed by atoms with Crippen molar-refractivity contribution in [1.29, 1.82) is 0 Å². The molecule has 0 unspecified atom stereocenters. The molecule has 1 aromatic heterocycles. The van der Waals surface area contributed by atoms with Crippen LogP contribution in [0.3, 0.4) is 0 Å². The fourth-order valence-corrected chi connectivity index (χ4v) is 8.53. The number of nitrogens with zero attached hydrogens (tertiary/aromatic N) is 3. The third kappa shape index (κ3) is 8.33. The number of carboxylic acid groups (broad SMARTS) is 1. The molecule has 1 aliphatic heterocycles. The number of likely N-dealkylation sites (tertiary alicyclic amines) is 1. The van der Waals surface area contributed by atoms with Crippen molar-refractivity contribution in [3.05, 3.63) is 54.8 Å². The predicted octanol–water partition coefficient (Wildman–Crippen LogP) is 3.97. The van der Waals surface area contributed by atoms with Crippen LogP contribution in [-0.4, -0.2) is 106 Å². The fourth-order valence-electron chi connectivity index (χ4n) is 7.17. The highest BCUT2D eigenvalue weighted by Crippen LogP contribution is 2.46. The van der Waals surface area contributed by atoms with Crippen LogP contribution in [-0.2, 0) is 29.2 Å². The van der Waals surface area contributed by atoms with Gasteiger partial charge in [-0.15, -0.1) is 6.58 Å². The van der Waals surface area contributed by atoms with E-state index in [0.29, 0.717) is 29.6 Å². The first kappa shape index (κ1) is 41.2. The van der Waals surface area contributed by atoms with Crippen molar-refractivity contribution in [2.45, 2.75) is 109 Å². The first-order valence-electron chi connectivity index (χ1n) is 18.2. The lowest BCUT2D eigenvalue weighted by Gasteiger charge is -2.46. The Hall–Kier alpha value is -4.99. The number of sulfonamides is 1. The van der Waals surface area contributed by atoms with Crippen LogP contribution < -0.4 is 19.5 Å². The average molecular weight is 782 g/mol. The molecule has 2 saturated carbocycles. The van der Waals surface area contributed by atoms with Crippen LogP contribution >= 0.6 is 0 Å². The summed E-state index contributed by atoms with van der Waals surface area (Å²) in [6.45, 7) is 14.7. The van der Waals surface area contributed by atoms with Gasteiger partial charge in [-0.2, -0.15) is 0 Å². The smallest absolute Gasteiger partial charge is 0.408 e. The largest absolute Gasteiger partial charge is 0.497 e. The maximum atomic E-state index is 15.1. The Morgan fingerprint density at radius 3 is 2.33 bits per heavy atom. The third-order valence-electron chi connectivity index (χ3n) is 10.5. The summed E-state index contributed by atoms with van der Waals surface area (Å²) in [5, 5.41) is 14.0. The van der Waals surface area contributed by atoms with Crippen molar-refractivity contribution < 1.29 is 47.0 Å². The molecule has 298 valence electrons. The number of ketones is 1. The van der Waals surface area contributed by atoms with Gasteiger partial charge in [-0.05, 0) is 89.6 Å². The molecule has 3 aliphatic rings. The summed E-state index contributed by atoms with van der Waals surface area (Å²) in [6.07, 6.45) is 2.83. The minimum absolute atomic E-state index is 0.0713. The first-order chi connectivity index (χ1) is 25.6. The Morgan fingerprint density at radius 1 is 1.11 bits per heavy atom. The number of amides is 4. The number of hydrogen-bond donors (Lipinski definition) is 3. The van der Waals surface area contributed by atoms with Gasteiger partial charge in [-0.1, -0.05) is 25.5 Å². The molecule has 55 heavy (non-hydrogen) atoms. The van der Waals surface area contributed by atoms with E-state index in [1.54, 1.807) is 72.2 Å². The standard InChI is InChI=1S/C39H51N5O10S/c1-10-24-20-39(24,35(48)42-55(51,52)27-12-13-27)41-32(46)29-19-26(54-33-28-14-11-25(53-9)18-23(28)15-16-40-33)21-43(29)34(47)31(44(36(49)50)37(4,5)6)38(7,8)30(45)17-22(2)3/h10-11,14-18,24,26-27,29,31H,1,12-13,19-21H2,2-9H3,(H,41,46)(H,42,48)(H,49,50)/t24-,26-,29+,31-,39-/m1/s1. The molecule has 15 nitrogen and oxygen atoms in total. The fraction of sp³-hybridized carbons (Fsp3) is 0.538. The summed E-state index contributed by atoms with van der Waals surface area (Å²) in [4.78, 5) is 76.5. The molecule has 2 heterocycles. The zero-order valence-corrected chi connectivity index (χ0v) is 33.4. The molecule has 1 aromatic carbocycles. The number of nitrogens with one attached hydrogen (secondary N) is 2. The number of benzene rings is 1. The number of rotatable bonds is 14. The van der Waals surface area contributed by atoms with Crippen LogP contribution in [0.1, 0.15) is 74.1 Å². The molecule has 0 spiro atoms. The number of carbonyl (C=O) groups excluding carboxylic acids is 4. The first-order valence-corrected chi connectivity index (χ1v) is 19.7. The summed E-state index contributed by atoms with van der Waals surface area (Å²) in [7, 11) is -2.42. The van der Waals surface area contributed by atoms with Crippen molar-refractivity contribution in [1.82, 2.24) is 24.8 Å². The van der Waals surface area contributed by atoms with Gasteiger partial charge in [0, 0.05) is 29.5 Å². The minimum Gasteiger partial charge on any atom is -0.497 e. The van der Waals surface area contributed by atoms with Crippen LogP contribution in [0.4, 0.5) is 4.79 Å². The molecule has 1 saturated heterocycles. The van der Waals surface area contributed by atoms with Crippen LogP contribution in [0.5, 0.6) is 11.6 Å². The van der Waals surface area contributed by atoms with E-state index in [4.69, 9.17) is 9.47 Å². The van der Waals surface area contributed by atoms with E-state index < -0.39 is 85.5 Å². The van der Waals surface area contributed by atoms with E-state index in [2.05, 4.69) is 21.6 Å². The van der Waals surface area contributed by atoms with Gasteiger partial charge in [-0.3, -0.25) is 28.8 Å². The number of aromatic nitrogens is 1. The maximum absolute atomic E-state index is 15.1.